The smallest absolute Gasteiger partial charge is 0.247 e. The van der Waals surface area contributed by atoms with Gasteiger partial charge in [0.1, 0.15) is 11.9 Å². The van der Waals surface area contributed by atoms with Gasteiger partial charge in [-0.2, -0.15) is 0 Å². The first-order valence-electron chi connectivity index (χ1n) is 6.40. The Labute approximate surface area is 126 Å². The minimum Gasteiger partial charge on any atom is -0.383 e. The van der Waals surface area contributed by atoms with Crippen LogP contribution in [0.15, 0.2) is 24.3 Å². The van der Waals surface area contributed by atoms with E-state index in [2.05, 4.69) is 5.32 Å². The van der Waals surface area contributed by atoms with Gasteiger partial charge in [0.2, 0.25) is 11.8 Å². The molecule has 1 aliphatic rings. The molecule has 2 heterocycles. The monoisotopic (exact) mass is 307 g/mol. The van der Waals surface area contributed by atoms with Crippen molar-refractivity contribution in [2.75, 3.05) is 13.1 Å². The summed E-state index contributed by atoms with van der Waals surface area (Å²) in [6.07, 6.45) is 3.47. The lowest BCUT2D eigenvalue weighted by Crippen LogP contribution is -2.47. The molecule has 1 aliphatic heterocycles. The van der Waals surface area contributed by atoms with Crippen molar-refractivity contribution in [3.05, 3.63) is 34.0 Å². The quantitative estimate of drug-likeness (QED) is 0.328. The molecule has 1 atom stereocenters. The van der Waals surface area contributed by atoms with Crippen LogP contribution in [0.4, 0.5) is 0 Å². The van der Waals surface area contributed by atoms with Gasteiger partial charge in [-0.15, -0.1) is 11.3 Å². The zero-order chi connectivity index (χ0) is 15.4. The maximum atomic E-state index is 12.1. The summed E-state index contributed by atoms with van der Waals surface area (Å²) in [6, 6.07) is 2.96. The number of thiophene rings is 1. The highest BCUT2D eigenvalue weighted by Crippen LogP contribution is 2.16. The van der Waals surface area contributed by atoms with Crippen LogP contribution in [0.5, 0.6) is 0 Å². The van der Waals surface area contributed by atoms with Crippen molar-refractivity contribution in [3.63, 3.8) is 0 Å². The summed E-state index contributed by atoms with van der Waals surface area (Å²) >= 11 is 1.35. The lowest BCUT2D eigenvalue weighted by molar-refractivity contribution is -0.136. The molecular formula is C13H17N5O2S. The van der Waals surface area contributed by atoms with Crippen LogP contribution in [0.25, 0.3) is 0 Å². The Bertz CT molecular complexity index is 595. The standard InChI is InChI=1S/C13H17N5O2S/c14-6-11(19)18-5-1-2-9(18)13(20)17-7-8-3-4-10(21-8)12(15)16/h1-4,9H,5-7,14H2,(H3,15,16)(H,17,20). The zero-order valence-electron chi connectivity index (χ0n) is 11.3. The Hall–Kier alpha value is -2.19. The van der Waals surface area contributed by atoms with Crippen LogP contribution < -0.4 is 16.8 Å². The predicted molar refractivity (Wildman–Crippen MR) is 80.9 cm³/mol. The molecule has 0 bridgehead atoms. The Kier molecular flexibility index (Phi) is 4.71. The van der Waals surface area contributed by atoms with Crippen molar-refractivity contribution in [1.29, 1.82) is 5.41 Å². The number of amidine groups is 1. The molecule has 8 heteroatoms. The molecule has 1 aromatic rings. The van der Waals surface area contributed by atoms with Crippen LogP contribution in [0, 0.1) is 5.41 Å². The maximum Gasteiger partial charge on any atom is 0.247 e. The van der Waals surface area contributed by atoms with Crippen molar-refractivity contribution >= 4 is 29.0 Å². The summed E-state index contributed by atoms with van der Waals surface area (Å²) in [7, 11) is 0. The number of hydrogen-bond acceptors (Lipinski definition) is 5. The summed E-state index contributed by atoms with van der Waals surface area (Å²) in [6.45, 7) is 0.631. The molecule has 0 saturated heterocycles. The number of nitrogens with two attached hydrogens (primary N) is 2. The predicted octanol–water partition coefficient (Wildman–Crippen LogP) is -0.626. The van der Waals surface area contributed by atoms with E-state index < -0.39 is 6.04 Å². The average Bonchev–Trinajstić information content (AvgIpc) is 3.12. The van der Waals surface area contributed by atoms with Gasteiger partial charge < -0.3 is 21.7 Å². The molecule has 2 amide bonds. The molecule has 0 aromatic carbocycles. The van der Waals surface area contributed by atoms with Crippen molar-refractivity contribution < 1.29 is 9.59 Å². The Morgan fingerprint density at radius 3 is 2.86 bits per heavy atom. The summed E-state index contributed by atoms with van der Waals surface area (Å²) < 4.78 is 0. The van der Waals surface area contributed by atoms with E-state index in [9.17, 15) is 9.59 Å². The Morgan fingerprint density at radius 2 is 2.24 bits per heavy atom. The highest BCUT2D eigenvalue weighted by Gasteiger charge is 2.29. The molecular weight excluding hydrogens is 290 g/mol. The van der Waals surface area contributed by atoms with Gasteiger partial charge in [0.15, 0.2) is 0 Å². The van der Waals surface area contributed by atoms with Gasteiger partial charge >= 0.3 is 0 Å². The van der Waals surface area contributed by atoms with E-state index >= 15 is 0 Å². The number of nitrogen functional groups attached to an aromatic ring is 1. The number of hydrogen-bond donors (Lipinski definition) is 4. The molecule has 0 aliphatic carbocycles. The van der Waals surface area contributed by atoms with Crippen LogP contribution in [0.1, 0.15) is 9.75 Å². The second kappa shape index (κ2) is 6.51. The highest BCUT2D eigenvalue weighted by atomic mass is 32.1. The van der Waals surface area contributed by atoms with Crippen LogP contribution >= 0.6 is 11.3 Å². The summed E-state index contributed by atoms with van der Waals surface area (Å²) in [5.74, 6) is -0.491. The zero-order valence-corrected chi connectivity index (χ0v) is 12.2. The van der Waals surface area contributed by atoms with Gasteiger partial charge in [-0.05, 0) is 12.1 Å². The Balaban J connectivity index is 1.93. The second-order valence-corrected chi connectivity index (χ2v) is 5.69. The third-order valence-corrected chi connectivity index (χ3v) is 4.20. The van der Waals surface area contributed by atoms with E-state index in [1.165, 1.54) is 16.2 Å². The molecule has 112 valence electrons. The normalized spacial score (nSPS) is 17.0. The summed E-state index contributed by atoms with van der Waals surface area (Å²) in [5, 5.41) is 10.1. The van der Waals surface area contributed by atoms with Crippen molar-refractivity contribution in [2.24, 2.45) is 11.5 Å². The Morgan fingerprint density at radius 1 is 1.48 bits per heavy atom. The van der Waals surface area contributed by atoms with E-state index in [0.717, 1.165) is 4.88 Å². The number of nitrogens with one attached hydrogen (secondary N) is 2. The molecule has 0 radical (unpaired) electrons. The average molecular weight is 307 g/mol. The van der Waals surface area contributed by atoms with Crippen molar-refractivity contribution in [2.45, 2.75) is 12.6 Å². The van der Waals surface area contributed by atoms with Gasteiger partial charge in [0.05, 0.1) is 18.0 Å². The number of rotatable bonds is 5. The summed E-state index contributed by atoms with van der Waals surface area (Å²) in [4.78, 5) is 26.8. The van der Waals surface area contributed by atoms with Crippen LogP contribution in [0.3, 0.4) is 0 Å². The van der Waals surface area contributed by atoms with Crippen LogP contribution in [-0.4, -0.2) is 41.7 Å². The molecule has 21 heavy (non-hydrogen) atoms. The lowest BCUT2D eigenvalue weighted by atomic mass is 10.2. The van der Waals surface area contributed by atoms with Gasteiger partial charge in [-0.1, -0.05) is 12.2 Å². The van der Waals surface area contributed by atoms with Gasteiger partial charge in [0.25, 0.3) is 0 Å². The topological polar surface area (TPSA) is 125 Å². The number of amides is 2. The fraction of sp³-hybridized carbons (Fsp3) is 0.308. The fourth-order valence-electron chi connectivity index (χ4n) is 2.02. The van der Waals surface area contributed by atoms with Gasteiger partial charge in [0, 0.05) is 11.4 Å². The largest absolute Gasteiger partial charge is 0.383 e. The van der Waals surface area contributed by atoms with Gasteiger partial charge in [-0.3, -0.25) is 15.0 Å². The second-order valence-electron chi connectivity index (χ2n) is 4.52. The summed E-state index contributed by atoms with van der Waals surface area (Å²) in [5.41, 5.74) is 10.7. The SMILES string of the molecule is N=C(N)c1ccc(CNC(=O)C2C=CCN2C(=O)CN)s1. The minimum atomic E-state index is -0.603. The van der Waals surface area contributed by atoms with E-state index in [-0.39, 0.29) is 24.2 Å². The number of nitrogens with zero attached hydrogens (tertiary/aromatic N) is 1. The molecule has 0 spiro atoms. The van der Waals surface area contributed by atoms with E-state index in [4.69, 9.17) is 16.9 Å². The van der Waals surface area contributed by atoms with Crippen LogP contribution in [0.2, 0.25) is 0 Å². The van der Waals surface area contributed by atoms with Gasteiger partial charge in [-0.25, -0.2) is 0 Å². The third-order valence-electron chi connectivity index (χ3n) is 3.08. The lowest BCUT2D eigenvalue weighted by Gasteiger charge is -2.23. The van der Waals surface area contributed by atoms with E-state index in [0.29, 0.717) is 18.0 Å². The third kappa shape index (κ3) is 3.47. The first-order valence-corrected chi connectivity index (χ1v) is 7.21. The number of carbonyl (C=O) groups is 2. The molecule has 1 aromatic heterocycles. The van der Waals surface area contributed by atoms with Crippen molar-refractivity contribution in [3.8, 4) is 0 Å². The molecule has 1 unspecified atom stereocenters. The fourth-order valence-corrected chi connectivity index (χ4v) is 2.83. The highest BCUT2D eigenvalue weighted by molar-refractivity contribution is 7.14. The maximum absolute atomic E-state index is 12.1. The molecule has 0 saturated carbocycles. The first kappa shape index (κ1) is 15.2. The molecule has 6 N–H and O–H groups in total. The van der Waals surface area contributed by atoms with Crippen molar-refractivity contribution in [1.82, 2.24) is 10.2 Å². The number of carbonyl (C=O) groups excluding carboxylic acids is 2. The minimum absolute atomic E-state index is 0.0102. The van der Waals surface area contributed by atoms with E-state index in [1.54, 1.807) is 18.2 Å². The van der Waals surface area contributed by atoms with Crippen LogP contribution in [-0.2, 0) is 16.1 Å². The molecule has 0 fully saturated rings. The van der Waals surface area contributed by atoms with E-state index in [1.807, 2.05) is 6.07 Å². The molecule has 7 nitrogen and oxygen atoms in total. The first-order chi connectivity index (χ1) is 10.0. The molecule has 2 rings (SSSR count).